The summed E-state index contributed by atoms with van der Waals surface area (Å²) < 4.78 is 12.8. The van der Waals surface area contributed by atoms with Gasteiger partial charge < -0.3 is 5.32 Å². The van der Waals surface area contributed by atoms with Gasteiger partial charge >= 0.3 is 0 Å². The summed E-state index contributed by atoms with van der Waals surface area (Å²) in [7, 11) is 1.95. The highest BCUT2D eigenvalue weighted by Crippen LogP contribution is 2.19. The molecule has 0 spiro atoms. The molecule has 1 nitrogen and oxygen atoms in total. The van der Waals surface area contributed by atoms with Gasteiger partial charge in [0.05, 0.1) is 0 Å². The van der Waals surface area contributed by atoms with Crippen LogP contribution in [0.1, 0.15) is 25.5 Å². The van der Waals surface area contributed by atoms with E-state index in [0.29, 0.717) is 6.04 Å². The Labute approximate surface area is 102 Å². The second-order valence-electron chi connectivity index (χ2n) is 4.32. The number of halogens is 1. The van der Waals surface area contributed by atoms with Crippen molar-refractivity contribution >= 4 is 11.8 Å². The van der Waals surface area contributed by atoms with E-state index in [2.05, 4.69) is 19.2 Å². The van der Waals surface area contributed by atoms with E-state index in [1.807, 2.05) is 30.9 Å². The Balaban J connectivity index is 2.50. The van der Waals surface area contributed by atoms with Crippen molar-refractivity contribution in [3.63, 3.8) is 0 Å². The molecular formula is C13H20FNS. The quantitative estimate of drug-likeness (QED) is 0.818. The third kappa shape index (κ3) is 4.54. The van der Waals surface area contributed by atoms with Crippen molar-refractivity contribution in [1.29, 1.82) is 0 Å². The summed E-state index contributed by atoms with van der Waals surface area (Å²) in [5.74, 6) is 2.74. The predicted octanol–water partition coefficient (Wildman–Crippen LogP) is 3.48. The molecule has 0 saturated carbocycles. The van der Waals surface area contributed by atoms with Crippen LogP contribution in [-0.2, 0) is 0 Å². The Hall–Kier alpha value is -0.540. The van der Waals surface area contributed by atoms with Crippen LogP contribution in [0, 0.1) is 11.7 Å². The number of nitrogens with one attached hydrogen (secondary N) is 1. The van der Waals surface area contributed by atoms with Gasteiger partial charge in [0.2, 0.25) is 0 Å². The topological polar surface area (TPSA) is 12.0 Å². The van der Waals surface area contributed by atoms with E-state index in [1.165, 1.54) is 17.9 Å². The normalized spacial score (nSPS) is 13.1. The van der Waals surface area contributed by atoms with Crippen molar-refractivity contribution in [2.75, 3.05) is 18.6 Å². The van der Waals surface area contributed by atoms with Crippen LogP contribution in [0.5, 0.6) is 0 Å². The maximum Gasteiger partial charge on any atom is 0.123 e. The van der Waals surface area contributed by atoms with Gasteiger partial charge in [-0.25, -0.2) is 4.39 Å². The number of rotatable bonds is 6. The molecule has 0 aromatic heterocycles. The van der Waals surface area contributed by atoms with Gasteiger partial charge in [-0.2, -0.15) is 11.8 Å². The molecule has 1 unspecified atom stereocenters. The van der Waals surface area contributed by atoms with Gasteiger partial charge in [-0.15, -0.1) is 0 Å². The van der Waals surface area contributed by atoms with Gasteiger partial charge in [0.25, 0.3) is 0 Å². The number of thioether (sulfide) groups is 1. The standard InChI is InChI=1S/C13H20FNS/c1-10(2)8-16-9-13(15-3)11-4-6-12(14)7-5-11/h4-7,10,13,15H,8-9H2,1-3H3. The Kier molecular flexibility index (Phi) is 5.85. The molecule has 1 rings (SSSR count). The van der Waals surface area contributed by atoms with Crippen LogP contribution >= 0.6 is 11.8 Å². The zero-order valence-corrected chi connectivity index (χ0v) is 11.0. The first-order valence-corrected chi connectivity index (χ1v) is 6.79. The van der Waals surface area contributed by atoms with Crippen LogP contribution in [0.4, 0.5) is 4.39 Å². The minimum absolute atomic E-state index is 0.173. The van der Waals surface area contributed by atoms with Crippen LogP contribution in [0.3, 0.4) is 0 Å². The molecule has 0 aliphatic heterocycles. The number of hydrogen-bond donors (Lipinski definition) is 1. The zero-order valence-electron chi connectivity index (χ0n) is 10.2. The summed E-state index contributed by atoms with van der Waals surface area (Å²) in [6, 6.07) is 7.06. The molecule has 3 heteroatoms. The molecule has 0 aliphatic rings. The van der Waals surface area contributed by atoms with Crippen molar-refractivity contribution in [3.05, 3.63) is 35.6 Å². The third-order valence-corrected chi connectivity index (χ3v) is 3.83. The molecule has 0 heterocycles. The van der Waals surface area contributed by atoms with Crippen molar-refractivity contribution in [2.45, 2.75) is 19.9 Å². The minimum atomic E-state index is -0.173. The average molecular weight is 241 g/mol. The lowest BCUT2D eigenvalue weighted by molar-refractivity contribution is 0.620. The summed E-state index contributed by atoms with van der Waals surface area (Å²) in [6.45, 7) is 4.44. The molecule has 0 amide bonds. The van der Waals surface area contributed by atoms with E-state index < -0.39 is 0 Å². The van der Waals surface area contributed by atoms with Crippen LogP contribution in [0.25, 0.3) is 0 Å². The number of benzene rings is 1. The fourth-order valence-corrected chi connectivity index (χ4v) is 2.67. The third-order valence-electron chi connectivity index (χ3n) is 2.36. The molecule has 90 valence electrons. The van der Waals surface area contributed by atoms with E-state index in [9.17, 15) is 4.39 Å². The SMILES string of the molecule is CNC(CSCC(C)C)c1ccc(F)cc1. The molecule has 1 aromatic carbocycles. The van der Waals surface area contributed by atoms with Crippen molar-refractivity contribution in [2.24, 2.45) is 5.92 Å². The average Bonchev–Trinajstić information content (AvgIpc) is 2.26. The Morgan fingerprint density at radius 3 is 2.31 bits per heavy atom. The molecule has 1 N–H and O–H groups in total. The number of hydrogen-bond acceptors (Lipinski definition) is 2. The molecular weight excluding hydrogens is 221 g/mol. The predicted molar refractivity (Wildman–Crippen MR) is 70.4 cm³/mol. The van der Waals surface area contributed by atoms with Gasteiger partial charge in [-0.1, -0.05) is 26.0 Å². The summed E-state index contributed by atoms with van der Waals surface area (Å²) in [5.41, 5.74) is 1.15. The van der Waals surface area contributed by atoms with Crippen LogP contribution in [0.2, 0.25) is 0 Å². The summed E-state index contributed by atoms with van der Waals surface area (Å²) in [4.78, 5) is 0. The highest BCUT2D eigenvalue weighted by atomic mass is 32.2. The lowest BCUT2D eigenvalue weighted by atomic mass is 10.1. The Morgan fingerprint density at radius 2 is 1.81 bits per heavy atom. The van der Waals surface area contributed by atoms with E-state index in [1.54, 1.807) is 0 Å². The van der Waals surface area contributed by atoms with E-state index in [4.69, 9.17) is 0 Å². The molecule has 16 heavy (non-hydrogen) atoms. The molecule has 1 aromatic rings. The molecule has 0 radical (unpaired) electrons. The zero-order chi connectivity index (χ0) is 12.0. The van der Waals surface area contributed by atoms with E-state index in [0.717, 1.165) is 17.2 Å². The van der Waals surface area contributed by atoms with Gasteiger partial charge in [-0.3, -0.25) is 0 Å². The first-order chi connectivity index (χ1) is 7.63. The monoisotopic (exact) mass is 241 g/mol. The molecule has 0 bridgehead atoms. The maximum absolute atomic E-state index is 12.8. The molecule has 0 saturated heterocycles. The summed E-state index contributed by atoms with van der Waals surface area (Å²) >= 11 is 1.94. The Morgan fingerprint density at radius 1 is 1.19 bits per heavy atom. The van der Waals surface area contributed by atoms with Gasteiger partial charge in [0, 0.05) is 11.8 Å². The van der Waals surface area contributed by atoms with Gasteiger partial charge in [0.1, 0.15) is 5.82 Å². The van der Waals surface area contributed by atoms with Gasteiger partial charge in [-0.05, 0) is 36.4 Å². The largest absolute Gasteiger partial charge is 0.312 e. The molecule has 1 atom stereocenters. The second-order valence-corrected chi connectivity index (χ2v) is 5.40. The molecule has 0 aliphatic carbocycles. The highest BCUT2D eigenvalue weighted by Gasteiger charge is 2.09. The fraction of sp³-hybridized carbons (Fsp3) is 0.538. The van der Waals surface area contributed by atoms with Crippen molar-refractivity contribution in [1.82, 2.24) is 5.32 Å². The van der Waals surface area contributed by atoms with E-state index >= 15 is 0 Å². The highest BCUT2D eigenvalue weighted by molar-refractivity contribution is 7.99. The maximum atomic E-state index is 12.8. The second kappa shape index (κ2) is 6.92. The van der Waals surface area contributed by atoms with E-state index in [-0.39, 0.29) is 5.82 Å². The van der Waals surface area contributed by atoms with Crippen molar-refractivity contribution < 1.29 is 4.39 Å². The first kappa shape index (κ1) is 13.5. The van der Waals surface area contributed by atoms with Crippen LogP contribution in [-0.4, -0.2) is 18.6 Å². The molecule has 0 fully saturated rings. The Bertz CT molecular complexity index is 297. The summed E-state index contributed by atoms with van der Waals surface area (Å²) in [5, 5.41) is 3.27. The smallest absolute Gasteiger partial charge is 0.123 e. The summed E-state index contributed by atoms with van der Waals surface area (Å²) in [6.07, 6.45) is 0. The lowest BCUT2D eigenvalue weighted by Gasteiger charge is -2.16. The first-order valence-electron chi connectivity index (χ1n) is 5.64. The van der Waals surface area contributed by atoms with Gasteiger partial charge in [0.15, 0.2) is 0 Å². The van der Waals surface area contributed by atoms with Crippen molar-refractivity contribution in [3.8, 4) is 0 Å². The van der Waals surface area contributed by atoms with Crippen LogP contribution < -0.4 is 5.32 Å². The lowest BCUT2D eigenvalue weighted by Crippen LogP contribution is -2.19. The minimum Gasteiger partial charge on any atom is -0.312 e. The van der Waals surface area contributed by atoms with Crippen LogP contribution in [0.15, 0.2) is 24.3 Å². The fourth-order valence-electron chi connectivity index (χ4n) is 1.46.